The normalized spacial score (nSPS) is 9.20. The lowest BCUT2D eigenvalue weighted by Crippen LogP contribution is -1.80. The largest absolute Gasteiger partial charge is 0.468 e. The van der Waals surface area contributed by atoms with Crippen LogP contribution < -0.4 is 0 Å². The first kappa shape index (κ1) is 11.2. The van der Waals surface area contributed by atoms with Gasteiger partial charge in [-0.1, -0.05) is 6.07 Å². The smallest absolute Gasteiger partial charge is 0.293 e. The molecule has 4 heteroatoms. The zero-order chi connectivity index (χ0) is 11.1. The number of hydrogen-bond donors (Lipinski definition) is 1. The van der Waals surface area contributed by atoms with Crippen LogP contribution in [0.15, 0.2) is 30.5 Å². The van der Waals surface area contributed by atoms with Gasteiger partial charge in [-0.15, -0.1) is 0 Å². The average Bonchev–Trinajstić information content (AvgIpc) is 2.69. The lowest BCUT2D eigenvalue weighted by atomic mass is 10.2. The van der Waals surface area contributed by atoms with Gasteiger partial charge in [0.25, 0.3) is 6.47 Å². The highest BCUT2D eigenvalue weighted by molar-refractivity contribution is 5.79. The molecule has 0 aliphatic rings. The molecule has 0 fully saturated rings. The van der Waals surface area contributed by atoms with Crippen molar-refractivity contribution >= 4 is 17.4 Å². The van der Waals surface area contributed by atoms with Crippen molar-refractivity contribution in [1.82, 2.24) is 4.98 Å². The topological polar surface area (TPSA) is 42.1 Å². The van der Waals surface area contributed by atoms with E-state index in [0.29, 0.717) is 18.5 Å². The van der Waals surface area contributed by atoms with Crippen LogP contribution in [0.2, 0.25) is 0 Å². The Morgan fingerprint density at radius 2 is 2.27 bits per heavy atom. The minimum Gasteiger partial charge on any atom is -0.468 e. The van der Waals surface area contributed by atoms with Crippen LogP contribution in [-0.2, 0) is 9.53 Å². The SMILES string of the molecule is CCOC=O.Fc1cccc2[nH]ccc12. The molecule has 0 saturated heterocycles. The van der Waals surface area contributed by atoms with Crippen LogP contribution in [0, 0.1) is 5.82 Å². The third-order valence-electron chi connectivity index (χ3n) is 1.78. The van der Waals surface area contributed by atoms with Gasteiger partial charge >= 0.3 is 0 Å². The number of rotatable bonds is 2. The Morgan fingerprint density at radius 1 is 1.47 bits per heavy atom. The van der Waals surface area contributed by atoms with E-state index < -0.39 is 0 Å². The monoisotopic (exact) mass is 209 g/mol. The van der Waals surface area contributed by atoms with Crippen LogP contribution >= 0.6 is 0 Å². The fraction of sp³-hybridized carbons (Fsp3) is 0.182. The molecule has 0 radical (unpaired) electrons. The van der Waals surface area contributed by atoms with Gasteiger partial charge in [-0.2, -0.15) is 0 Å². The number of aromatic amines is 1. The number of fused-ring (bicyclic) bond motifs is 1. The summed E-state index contributed by atoms with van der Waals surface area (Å²) >= 11 is 0. The molecular formula is C11H12FNO2. The Kier molecular flexibility index (Phi) is 4.34. The number of nitrogens with one attached hydrogen (secondary N) is 1. The number of carbonyl (C=O) groups is 1. The molecule has 0 atom stereocenters. The Hall–Kier alpha value is -1.84. The van der Waals surface area contributed by atoms with E-state index >= 15 is 0 Å². The predicted molar refractivity (Wildman–Crippen MR) is 55.9 cm³/mol. The first-order chi connectivity index (χ1) is 7.29. The summed E-state index contributed by atoms with van der Waals surface area (Å²) < 4.78 is 17.0. The number of halogens is 1. The van der Waals surface area contributed by atoms with Gasteiger partial charge in [-0.3, -0.25) is 4.79 Å². The number of aromatic nitrogens is 1. The van der Waals surface area contributed by atoms with E-state index in [-0.39, 0.29) is 5.82 Å². The maximum atomic E-state index is 12.8. The predicted octanol–water partition coefficient (Wildman–Crippen LogP) is 2.49. The van der Waals surface area contributed by atoms with Crippen molar-refractivity contribution in [2.45, 2.75) is 6.92 Å². The van der Waals surface area contributed by atoms with Crippen LogP contribution in [0.3, 0.4) is 0 Å². The molecule has 2 rings (SSSR count). The second kappa shape index (κ2) is 5.80. The molecular weight excluding hydrogens is 197 g/mol. The van der Waals surface area contributed by atoms with E-state index in [9.17, 15) is 9.18 Å². The number of hydrogen-bond acceptors (Lipinski definition) is 2. The van der Waals surface area contributed by atoms with Crippen molar-refractivity contribution in [3.63, 3.8) is 0 Å². The zero-order valence-electron chi connectivity index (χ0n) is 8.37. The number of carbonyl (C=O) groups excluding carboxylic acids is 1. The fourth-order valence-corrected chi connectivity index (χ4v) is 1.12. The Bertz CT molecular complexity index is 425. The van der Waals surface area contributed by atoms with Gasteiger partial charge in [0.2, 0.25) is 0 Å². The lowest BCUT2D eigenvalue weighted by Gasteiger charge is -1.88. The molecule has 3 nitrogen and oxygen atoms in total. The molecule has 2 aromatic rings. The van der Waals surface area contributed by atoms with Crippen molar-refractivity contribution in [2.75, 3.05) is 6.61 Å². The van der Waals surface area contributed by atoms with Crippen molar-refractivity contribution in [1.29, 1.82) is 0 Å². The first-order valence-electron chi connectivity index (χ1n) is 4.56. The Morgan fingerprint density at radius 3 is 2.80 bits per heavy atom. The van der Waals surface area contributed by atoms with Gasteiger partial charge < -0.3 is 9.72 Å². The highest BCUT2D eigenvalue weighted by Crippen LogP contribution is 2.14. The molecule has 0 aliphatic carbocycles. The van der Waals surface area contributed by atoms with E-state index in [0.717, 1.165) is 5.52 Å². The quantitative estimate of drug-likeness (QED) is 0.772. The highest BCUT2D eigenvalue weighted by Gasteiger charge is 1.97. The molecule has 0 spiro atoms. The van der Waals surface area contributed by atoms with Gasteiger partial charge in [0.15, 0.2) is 0 Å². The number of H-pyrrole nitrogens is 1. The first-order valence-corrected chi connectivity index (χ1v) is 4.56. The summed E-state index contributed by atoms with van der Waals surface area (Å²) in [6.45, 7) is 2.66. The van der Waals surface area contributed by atoms with Crippen molar-refractivity contribution in [3.05, 3.63) is 36.3 Å². The maximum Gasteiger partial charge on any atom is 0.293 e. The number of benzene rings is 1. The highest BCUT2D eigenvalue weighted by atomic mass is 19.1. The summed E-state index contributed by atoms with van der Waals surface area (Å²) in [6, 6.07) is 6.72. The summed E-state index contributed by atoms with van der Waals surface area (Å²) in [5.41, 5.74) is 0.847. The van der Waals surface area contributed by atoms with Crippen LogP contribution in [-0.4, -0.2) is 18.1 Å². The molecule has 0 unspecified atom stereocenters. The molecule has 1 N–H and O–H groups in total. The summed E-state index contributed by atoms with van der Waals surface area (Å²) in [5.74, 6) is -0.168. The van der Waals surface area contributed by atoms with E-state index in [1.807, 2.05) is 6.07 Å². The van der Waals surface area contributed by atoms with E-state index in [4.69, 9.17) is 0 Å². The third kappa shape index (κ3) is 3.09. The molecule has 0 aliphatic heterocycles. The van der Waals surface area contributed by atoms with Gasteiger partial charge in [0.05, 0.1) is 6.61 Å². The molecule has 1 heterocycles. The van der Waals surface area contributed by atoms with Gasteiger partial charge in [0.1, 0.15) is 5.82 Å². The molecule has 15 heavy (non-hydrogen) atoms. The molecule has 0 amide bonds. The standard InChI is InChI=1S/C8H6FN.C3H6O2/c9-7-2-1-3-8-6(7)4-5-10-8;1-2-5-3-4/h1-5,10H;3H,2H2,1H3. The minimum atomic E-state index is -0.168. The lowest BCUT2D eigenvalue weighted by molar-refractivity contribution is -0.128. The fourth-order valence-electron chi connectivity index (χ4n) is 1.12. The van der Waals surface area contributed by atoms with E-state index in [1.54, 1.807) is 25.3 Å². The average molecular weight is 209 g/mol. The van der Waals surface area contributed by atoms with Gasteiger partial charge in [-0.05, 0) is 25.1 Å². The summed E-state index contributed by atoms with van der Waals surface area (Å²) in [6.07, 6.45) is 1.73. The number of ether oxygens (including phenoxy) is 1. The summed E-state index contributed by atoms with van der Waals surface area (Å²) in [7, 11) is 0. The van der Waals surface area contributed by atoms with Gasteiger partial charge in [0, 0.05) is 17.1 Å². The molecule has 0 saturated carbocycles. The summed E-state index contributed by atoms with van der Waals surface area (Å²) in [4.78, 5) is 12.1. The van der Waals surface area contributed by atoms with Crippen LogP contribution in [0.1, 0.15) is 6.92 Å². The second-order valence-corrected chi connectivity index (χ2v) is 2.73. The van der Waals surface area contributed by atoms with Crippen molar-refractivity contribution in [3.8, 4) is 0 Å². The molecule has 1 aromatic carbocycles. The van der Waals surface area contributed by atoms with E-state index in [1.165, 1.54) is 6.07 Å². The second-order valence-electron chi connectivity index (χ2n) is 2.73. The van der Waals surface area contributed by atoms with Crippen LogP contribution in [0.5, 0.6) is 0 Å². The Labute approximate surface area is 86.9 Å². The summed E-state index contributed by atoms with van der Waals surface area (Å²) in [5, 5.41) is 0.655. The molecule has 80 valence electrons. The van der Waals surface area contributed by atoms with E-state index in [2.05, 4.69) is 9.72 Å². The molecule has 1 aromatic heterocycles. The van der Waals surface area contributed by atoms with Crippen LogP contribution in [0.25, 0.3) is 10.9 Å². The third-order valence-corrected chi connectivity index (χ3v) is 1.78. The van der Waals surface area contributed by atoms with Crippen molar-refractivity contribution < 1.29 is 13.9 Å². The molecule has 0 bridgehead atoms. The zero-order valence-corrected chi connectivity index (χ0v) is 8.37. The maximum absolute atomic E-state index is 12.8. The van der Waals surface area contributed by atoms with Gasteiger partial charge in [-0.25, -0.2) is 4.39 Å². The Balaban J connectivity index is 0.000000195. The van der Waals surface area contributed by atoms with Crippen LogP contribution in [0.4, 0.5) is 4.39 Å². The van der Waals surface area contributed by atoms with Crippen molar-refractivity contribution in [2.24, 2.45) is 0 Å². The minimum absolute atomic E-state index is 0.168.